The summed E-state index contributed by atoms with van der Waals surface area (Å²) >= 11 is 3.49. The molecule has 150 valence electrons. The van der Waals surface area contributed by atoms with Gasteiger partial charge in [0, 0.05) is 48.5 Å². The van der Waals surface area contributed by atoms with Crippen molar-refractivity contribution in [1.29, 1.82) is 0 Å². The zero-order chi connectivity index (χ0) is 18.7. The largest absolute Gasteiger partial charge is 0.354 e. The Bertz CT molecular complexity index is 656. The average molecular weight is 549 g/mol. The van der Waals surface area contributed by atoms with Crippen molar-refractivity contribution in [3.63, 3.8) is 0 Å². The molecule has 0 bridgehead atoms. The van der Waals surface area contributed by atoms with Crippen LogP contribution in [0.15, 0.2) is 33.7 Å². The third kappa shape index (κ3) is 6.07. The zero-order valence-corrected chi connectivity index (χ0v) is 20.2. The van der Waals surface area contributed by atoms with Crippen LogP contribution in [0.1, 0.15) is 44.6 Å². The SMILES string of the molecule is CN=C(NC1CCN(C(=O)C(C)C)CC1)NC1CC1c1ccc(Br)cc1.I. The van der Waals surface area contributed by atoms with Crippen LogP contribution in [0.5, 0.6) is 0 Å². The predicted octanol–water partition coefficient (Wildman–Crippen LogP) is 3.74. The second-order valence-corrected chi connectivity index (χ2v) is 8.53. The molecule has 0 aromatic heterocycles. The van der Waals surface area contributed by atoms with E-state index in [0.29, 0.717) is 18.0 Å². The van der Waals surface area contributed by atoms with Crippen LogP contribution in [0.4, 0.5) is 0 Å². The lowest BCUT2D eigenvalue weighted by atomic mass is 10.0. The highest BCUT2D eigenvalue weighted by Crippen LogP contribution is 2.41. The number of piperidine rings is 1. The minimum absolute atomic E-state index is 0. The zero-order valence-electron chi connectivity index (χ0n) is 16.2. The Balaban J connectivity index is 0.00000261. The van der Waals surface area contributed by atoms with E-state index in [0.717, 1.165) is 42.8 Å². The maximum Gasteiger partial charge on any atom is 0.225 e. The minimum atomic E-state index is 0. The number of carbonyl (C=O) groups is 1. The summed E-state index contributed by atoms with van der Waals surface area (Å²) < 4.78 is 1.12. The van der Waals surface area contributed by atoms with Gasteiger partial charge in [-0.2, -0.15) is 0 Å². The highest BCUT2D eigenvalue weighted by Gasteiger charge is 2.39. The molecule has 2 aliphatic rings. The summed E-state index contributed by atoms with van der Waals surface area (Å²) in [5.41, 5.74) is 1.38. The Labute approximate surface area is 187 Å². The number of guanidine groups is 1. The molecule has 1 saturated carbocycles. The van der Waals surface area contributed by atoms with E-state index in [4.69, 9.17) is 0 Å². The van der Waals surface area contributed by atoms with Crippen molar-refractivity contribution in [3.8, 4) is 0 Å². The normalized spacial score (nSPS) is 23.0. The van der Waals surface area contributed by atoms with Crippen LogP contribution < -0.4 is 10.6 Å². The molecule has 1 saturated heterocycles. The van der Waals surface area contributed by atoms with Crippen molar-refractivity contribution in [2.75, 3.05) is 20.1 Å². The summed E-state index contributed by atoms with van der Waals surface area (Å²) in [5.74, 6) is 1.79. The molecular formula is C20H30BrIN4O. The van der Waals surface area contributed by atoms with Crippen molar-refractivity contribution in [2.45, 2.75) is 51.1 Å². The summed E-state index contributed by atoms with van der Waals surface area (Å²) in [4.78, 5) is 18.5. The second-order valence-electron chi connectivity index (χ2n) is 7.62. The van der Waals surface area contributed by atoms with Gasteiger partial charge >= 0.3 is 0 Å². The molecule has 3 rings (SSSR count). The van der Waals surface area contributed by atoms with Crippen molar-refractivity contribution < 1.29 is 4.79 Å². The van der Waals surface area contributed by atoms with E-state index in [9.17, 15) is 4.79 Å². The van der Waals surface area contributed by atoms with E-state index in [-0.39, 0.29) is 35.8 Å². The van der Waals surface area contributed by atoms with E-state index in [1.807, 2.05) is 25.8 Å². The Morgan fingerprint density at radius 1 is 1.19 bits per heavy atom. The molecule has 2 fully saturated rings. The first-order chi connectivity index (χ1) is 12.5. The van der Waals surface area contributed by atoms with Crippen molar-refractivity contribution in [2.24, 2.45) is 10.9 Å². The quantitative estimate of drug-likeness (QED) is 0.342. The van der Waals surface area contributed by atoms with E-state index in [1.165, 1.54) is 5.56 Å². The number of benzene rings is 1. The molecule has 1 amide bonds. The first-order valence-corrected chi connectivity index (χ1v) is 10.3. The molecular weight excluding hydrogens is 519 g/mol. The van der Waals surface area contributed by atoms with Crippen LogP contribution in [-0.2, 0) is 4.79 Å². The molecule has 7 heteroatoms. The summed E-state index contributed by atoms with van der Waals surface area (Å²) in [5, 5.41) is 7.09. The van der Waals surface area contributed by atoms with Gasteiger partial charge in [-0.15, -0.1) is 24.0 Å². The molecule has 2 unspecified atom stereocenters. The van der Waals surface area contributed by atoms with E-state index < -0.39 is 0 Å². The number of nitrogens with zero attached hydrogens (tertiary/aromatic N) is 2. The van der Waals surface area contributed by atoms with E-state index in [1.54, 1.807) is 0 Å². The summed E-state index contributed by atoms with van der Waals surface area (Å²) in [6, 6.07) is 9.41. The number of hydrogen-bond donors (Lipinski definition) is 2. The number of amides is 1. The smallest absolute Gasteiger partial charge is 0.225 e. The fourth-order valence-electron chi connectivity index (χ4n) is 3.58. The number of aliphatic imine (C=N–C) groups is 1. The molecule has 2 atom stereocenters. The van der Waals surface area contributed by atoms with Gasteiger partial charge in [0.25, 0.3) is 0 Å². The lowest BCUT2D eigenvalue weighted by Crippen LogP contribution is -2.50. The van der Waals surface area contributed by atoms with E-state index >= 15 is 0 Å². The molecule has 1 aromatic carbocycles. The molecule has 2 N–H and O–H groups in total. The van der Waals surface area contributed by atoms with Crippen LogP contribution in [-0.4, -0.2) is 49.0 Å². The standard InChI is InChI=1S/C20H29BrN4O.HI/c1-13(2)19(26)25-10-8-16(9-11-25)23-20(22-3)24-18-12-17(18)14-4-6-15(21)7-5-14;/h4-7,13,16-18H,8-12H2,1-3H3,(H2,22,23,24);1H. The monoisotopic (exact) mass is 548 g/mol. The number of likely N-dealkylation sites (tertiary alicyclic amines) is 1. The summed E-state index contributed by atoms with van der Waals surface area (Å²) in [7, 11) is 1.82. The van der Waals surface area contributed by atoms with E-state index in [2.05, 4.69) is 55.8 Å². The topological polar surface area (TPSA) is 56.7 Å². The van der Waals surface area contributed by atoms with Crippen molar-refractivity contribution >= 4 is 51.8 Å². The fraction of sp³-hybridized carbons (Fsp3) is 0.600. The summed E-state index contributed by atoms with van der Waals surface area (Å²) in [6.45, 7) is 5.60. The van der Waals surface area contributed by atoms with Crippen molar-refractivity contribution in [1.82, 2.24) is 15.5 Å². The summed E-state index contributed by atoms with van der Waals surface area (Å²) in [6.07, 6.45) is 3.09. The number of carbonyl (C=O) groups excluding carboxylic acids is 1. The first kappa shape index (κ1) is 22.5. The van der Waals surface area contributed by atoms with Gasteiger partial charge in [-0.1, -0.05) is 41.9 Å². The third-order valence-electron chi connectivity index (χ3n) is 5.28. The first-order valence-electron chi connectivity index (χ1n) is 9.52. The number of rotatable bonds is 4. The maximum absolute atomic E-state index is 12.1. The Morgan fingerprint density at radius 3 is 2.37 bits per heavy atom. The van der Waals surface area contributed by atoms with Gasteiger partial charge in [0.05, 0.1) is 0 Å². The average Bonchev–Trinajstić information content (AvgIpc) is 3.40. The van der Waals surface area contributed by atoms with Gasteiger partial charge in [0.2, 0.25) is 5.91 Å². The highest BCUT2D eigenvalue weighted by molar-refractivity contribution is 14.0. The number of hydrogen-bond acceptors (Lipinski definition) is 2. The fourth-order valence-corrected chi connectivity index (χ4v) is 3.85. The van der Waals surface area contributed by atoms with Crippen LogP contribution in [0, 0.1) is 5.92 Å². The van der Waals surface area contributed by atoms with Crippen LogP contribution >= 0.6 is 39.9 Å². The van der Waals surface area contributed by atoms with Crippen LogP contribution in [0.25, 0.3) is 0 Å². The second kappa shape index (κ2) is 10.1. The molecule has 1 aliphatic carbocycles. The molecule has 5 nitrogen and oxygen atoms in total. The number of nitrogens with one attached hydrogen (secondary N) is 2. The van der Waals surface area contributed by atoms with Gasteiger partial charge in [-0.25, -0.2) is 0 Å². The Hall–Kier alpha value is -0.830. The molecule has 1 aliphatic heterocycles. The lowest BCUT2D eigenvalue weighted by Gasteiger charge is -2.34. The maximum atomic E-state index is 12.1. The van der Waals surface area contributed by atoms with Gasteiger partial charge < -0.3 is 15.5 Å². The van der Waals surface area contributed by atoms with Gasteiger partial charge in [-0.05, 0) is 37.0 Å². The van der Waals surface area contributed by atoms with Gasteiger partial charge in [0.15, 0.2) is 5.96 Å². The molecule has 0 radical (unpaired) electrons. The number of halogens is 2. The minimum Gasteiger partial charge on any atom is -0.354 e. The van der Waals surface area contributed by atoms with Crippen LogP contribution in [0.2, 0.25) is 0 Å². The molecule has 1 aromatic rings. The molecule has 27 heavy (non-hydrogen) atoms. The highest BCUT2D eigenvalue weighted by atomic mass is 127. The molecule has 0 spiro atoms. The third-order valence-corrected chi connectivity index (χ3v) is 5.80. The molecule has 1 heterocycles. The predicted molar refractivity (Wildman–Crippen MR) is 125 cm³/mol. The Morgan fingerprint density at radius 2 is 1.81 bits per heavy atom. The van der Waals surface area contributed by atoms with Gasteiger partial charge in [-0.3, -0.25) is 9.79 Å². The lowest BCUT2D eigenvalue weighted by molar-refractivity contribution is -0.135. The van der Waals surface area contributed by atoms with Gasteiger partial charge in [0.1, 0.15) is 0 Å². The van der Waals surface area contributed by atoms with Crippen LogP contribution in [0.3, 0.4) is 0 Å². The Kier molecular flexibility index (Phi) is 8.39. The van der Waals surface area contributed by atoms with Crippen molar-refractivity contribution in [3.05, 3.63) is 34.3 Å².